The van der Waals surface area contributed by atoms with Gasteiger partial charge in [-0.1, -0.05) is 23.8 Å². The van der Waals surface area contributed by atoms with Crippen molar-refractivity contribution in [2.24, 2.45) is 4.99 Å². The van der Waals surface area contributed by atoms with Gasteiger partial charge in [-0.25, -0.2) is 4.98 Å². The van der Waals surface area contributed by atoms with Crippen molar-refractivity contribution in [3.05, 3.63) is 53.2 Å². The molecule has 1 aromatic heterocycles. The molecule has 1 aliphatic rings. The minimum atomic E-state index is -2.87. The zero-order valence-corrected chi connectivity index (χ0v) is 18.9. The van der Waals surface area contributed by atoms with Crippen molar-refractivity contribution >= 4 is 11.8 Å². The van der Waals surface area contributed by atoms with E-state index in [1.807, 2.05) is 31.3 Å². The van der Waals surface area contributed by atoms with Gasteiger partial charge in [0.2, 0.25) is 0 Å². The van der Waals surface area contributed by atoms with Gasteiger partial charge in [0.25, 0.3) is 0 Å². The average molecular weight is 448 g/mol. The Balaban J connectivity index is 1.54. The van der Waals surface area contributed by atoms with Gasteiger partial charge in [-0.3, -0.25) is 4.99 Å². The standard InChI is InChI=1S/C23H31F2N5O2/c1-15-5-7-20(32-22(24)25)19(9-15)12-29-23(26-4)28-11-18-6-8-21(27-10-18)30-13-16(2)31-17(3)14-30/h5-10,16-17,22H,11-14H2,1-4H3,(H2,26,28,29). The largest absolute Gasteiger partial charge is 0.434 e. The van der Waals surface area contributed by atoms with E-state index in [-0.39, 0.29) is 18.0 Å². The number of benzene rings is 1. The number of aryl methyl sites for hydroxylation is 1. The van der Waals surface area contributed by atoms with Crippen molar-refractivity contribution in [3.8, 4) is 5.75 Å². The molecule has 0 bridgehead atoms. The zero-order chi connectivity index (χ0) is 23.1. The molecule has 1 aliphatic heterocycles. The lowest BCUT2D eigenvalue weighted by Crippen LogP contribution is -2.45. The van der Waals surface area contributed by atoms with Gasteiger partial charge >= 0.3 is 6.61 Å². The van der Waals surface area contributed by atoms with E-state index < -0.39 is 6.61 Å². The van der Waals surface area contributed by atoms with Gasteiger partial charge in [-0.15, -0.1) is 0 Å². The summed E-state index contributed by atoms with van der Waals surface area (Å²) in [6.45, 7) is 5.64. The molecule has 32 heavy (non-hydrogen) atoms. The second-order valence-corrected chi connectivity index (χ2v) is 7.96. The average Bonchev–Trinajstić information content (AvgIpc) is 2.75. The Morgan fingerprint density at radius 3 is 2.53 bits per heavy atom. The van der Waals surface area contributed by atoms with Gasteiger partial charge in [-0.2, -0.15) is 8.78 Å². The monoisotopic (exact) mass is 447 g/mol. The Hall–Kier alpha value is -2.94. The number of ether oxygens (including phenoxy) is 2. The number of rotatable bonds is 7. The second kappa shape index (κ2) is 11.1. The predicted molar refractivity (Wildman–Crippen MR) is 121 cm³/mol. The van der Waals surface area contributed by atoms with Crippen LogP contribution in [0.25, 0.3) is 0 Å². The number of aliphatic imine (C=N–C) groups is 1. The zero-order valence-electron chi connectivity index (χ0n) is 18.9. The fourth-order valence-electron chi connectivity index (χ4n) is 3.72. The highest BCUT2D eigenvalue weighted by molar-refractivity contribution is 5.79. The van der Waals surface area contributed by atoms with Gasteiger partial charge < -0.3 is 25.0 Å². The Kier molecular flexibility index (Phi) is 8.21. The van der Waals surface area contributed by atoms with E-state index in [9.17, 15) is 8.78 Å². The summed E-state index contributed by atoms with van der Waals surface area (Å²) in [7, 11) is 1.66. The van der Waals surface area contributed by atoms with Crippen LogP contribution in [0.5, 0.6) is 5.75 Å². The Bertz CT molecular complexity index is 898. The van der Waals surface area contributed by atoms with E-state index in [2.05, 4.69) is 44.1 Å². The third-order valence-electron chi connectivity index (χ3n) is 5.11. The van der Waals surface area contributed by atoms with E-state index in [1.54, 1.807) is 19.2 Å². The molecule has 0 saturated carbocycles. The quantitative estimate of drug-likeness (QED) is 0.500. The van der Waals surface area contributed by atoms with Gasteiger partial charge in [0.05, 0.1) is 12.2 Å². The van der Waals surface area contributed by atoms with E-state index in [1.165, 1.54) is 0 Å². The number of hydrogen-bond acceptors (Lipinski definition) is 5. The summed E-state index contributed by atoms with van der Waals surface area (Å²) in [6, 6.07) is 9.15. The molecule has 1 saturated heterocycles. The van der Waals surface area contributed by atoms with Crippen LogP contribution >= 0.6 is 0 Å². The molecule has 2 atom stereocenters. The molecule has 2 heterocycles. The van der Waals surface area contributed by atoms with Crippen LogP contribution in [-0.2, 0) is 17.8 Å². The minimum absolute atomic E-state index is 0.153. The molecule has 0 radical (unpaired) electrons. The molecule has 0 spiro atoms. The molecule has 0 aliphatic carbocycles. The number of anilines is 1. The van der Waals surface area contributed by atoms with E-state index >= 15 is 0 Å². The van der Waals surface area contributed by atoms with Crippen molar-refractivity contribution in [1.82, 2.24) is 15.6 Å². The van der Waals surface area contributed by atoms with Gasteiger partial charge in [0.1, 0.15) is 11.6 Å². The van der Waals surface area contributed by atoms with E-state index in [0.29, 0.717) is 24.6 Å². The SMILES string of the molecule is CN=C(NCc1ccc(N2CC(C)OC(C)C2)nc1)NCc1cc(C)ccc1OC(F)F. The van der Waals surface area contributed by atoms with Crippen LogP contribution in [-0.4, -0.2) is 49.9 Å². The lowest BCUT2D eigenvalue weighted by atomic mass is 10.1. The van der Waals surface area contributed by atoms with Crippen LogP contribution in [0.3, 0.4) is 0 Å². The highest BCUT2D eigenvalue weighted by Crippen LogP contribution is 2.22. The smallest absolute Gasteiger partial charge is 0.387 e. The fraction of sp³-hybridized carbons (Fsp3) is 0.478. The topological polar surface area (TPSA) is 71.0 Å². The molecule has 1 aromatic carbocycles. The maximum absolute atomic E-state index is 12.7. The van der Waals surface area contributed by atoms with Crippen LogP contribution in [0.2, 0.25) is 0 Å². The van der Waals surface area contributed by atoms with Crippen molar-refractivity contribution in [2.45, 2.75) is 52.7 Å². The lowest BCUT2D eigenvalue weighted by molar-refractivity contribution is -0.0504. The van der Waals surface area contributed by atoms with Crippen LogP contribution < -0.4 is 20.3 Å². The summed E-state index contributed by atoms with van der Waals surface area (Å²) in [4.78, 5) is 11.0. The molecule has 2 aromatic rings. The minimum Gasteiger partial charge on any atom is -0.434 e. The van der Waals surface area contributed by atoms with Gasteiger partial charge in [0.15, 0.2) is 5.96 Å². The number of guanidine groups is 1. The normalized spacial score (nSPS) is 19.2. The predicted octanol–water partition coefficient (Wildman–Crippen LogP) is 3.47. The number of nitrogens with one attached hydrogen (secondary N) is 2. The third kappa shape index (κ3) is 6.78. The number of hydrogen-bond donors (Lipinski definition) is 2. The molecular weight excluding hydrogens is 416 g/mol. The number of aromatic nitrogens is 1. The number of pyridine rings is 1. The summed E-state index contributed by atoms with van der Waals surface area (Å²) < 4.78 is 35.7. The maximum atomic E-state index is 12.7. The lowest BCUT2D eigenvalue weighted by Gasteiger charge is -2.36. The van der Waals surface area contributed by atoms with Gasteiger partial charge in [0, 0.05) is 45.0 Å². The van der Waals surface area contributed by atoms with Crippen molar-refractivity contribution in [3.63, 3.8) is 0 Å². The van der Waals surface area contributed by atoms with Crippen LogP contribution in [0.1, 0.15) is 30.5 Å². The highest BCUT2D eigenvalue weighted by atomic mass is 19.3. The molecule has 1 fully saturated rings. The van der Waals surface area contributed by atoms with Crippen LogP contribution in [0.15, 0.2) is 41.5 Å². The first-order chi connectivity index (χ1) is 15.3. The number of nitrogens with zero attached hydrogens (tertiary/aromatic N) is 3. The van der Waals surface area contributed by atoms with Crippen LogP contribution in [0, 0.1) is 6.92 Å². The third-order valence-corrected chi connectivity index (χ3v) is 5.11. The van der Waals surface area contributed by atoms with Crippen LogP contribution in [0.4, 0.5) is 14.6 Å². The van der Waals surface area contributed by atoms with Crippen molar-refractivity contribution in [1.29, 1.82) is 0 Å². The summed E-state index contributed by atoms with van der Waals surface area (Å²) >= 11 is 0. The number of morpholine rings is 1. The Morgan fingerprint density at radius 1 is 1.19 bits per heavy atom. The first-order valence-corrected chi connectivity index (χ1v) is 10.7. The van der Waals surface area contributed by atoms with E-state index in [0.717, 1.165) is 30.0 Å². The van der Waals surface area contributed by atoms with E-state index in [4.69, 9.17) is 4.74 Å². The highest BCUT2D eigenvalue weighted by Gasteiger charge is 2.23. The van der Waals surface area contributed by atoms with Crippen molar-refractivity contribution in [2.75, 3.05) is 25.0 Å². The van der Waals surface area contributed by atoms with Gasteiger partial charge in [-0.05, 0) is 38.5 Å². The fourth-order valence-corrected chi connectivity index (χ4v) is 3.72. The molecule has 3 rings (SSSR count). The summed E-state index contributed by atoms with van der Waals surface area (Å²) in [5, 5.41) is 6.36. The summed E-state index contributed by atoms with van der Waals surface area (Å²) in [5.74, 6) is 1.64. The molecule has 9 heteroatoms. The molecule has 2 N–H and O–H groups in total. The molecule has 2 unspecified atom stereocenters. The first-order valence-electron chi connectivity index (χ1n) is 10.7. The van der Waals surface area contributed by atoms with Crippen molar-refractivity contribution < 1.29 is 18.3 Å². The molecule has 7 nitrogen and oxygen atoms in total. The summed E-state index contributed by atoms with van der Waals surface area (Å²) in [6.07, 6.45) is 2.20. The maximum Gasteiger partial charge on any atom is 0.387 e. The first kappa shape index (κ1) is 23.7. The molecule has 0 amide bonds. The Labute approximate surface area is 187 Å². The molecular formula is C23H31F2N5O2. The Morgan fingerprint density at radius 2 is 1.91 bits per heavy atom. The number of halogens is 2. The summed E-state index contributed by atoms with van der Waals surface area (Å²) in [5.41, 5.74) is 2.60. The second-order valence-electron chi connectivity index (χ2n) is 7.96. The molecule has 174 valence electrons. The number of alkyl halides is 2.